The Labute approximate surface area is 299 Å². The van der Waals surface area contributed by atoms with Crippen molar-refractivity contribution in [3.8, 4) is 5.75 Å². The molecule has 3 rings (SSSR count). The number of phenolic OH excluding ortho intramolecular Hbond substituents is 1. The molecule has 2 saturated heterocycles. The molecule has 7 heteroatoms. The number of phenols is 1. The summed E-state index contributed by atoms with van der Waals surface area (Å²) in [6.07, 6.45) is 4.44. The fourth-order valence-electron chi connectivity index (χ4n) is 8.59. The topological polar surface area (TPSA) is 79.3 Å². The average Bonchev–Trinajstić information content (AvgIpc) is 2.90. The molecular weight excluding hydrogens is 612 g/mol. The normalized spacial score (nSPS) is 22.6. The zero-order valence-electron chi connectivity index (χ0n) is 34.4. The Balaban J connectivity index is 2.18. The molecule has 1 atom stereocenters. The zero-order chi connectivity index (χ0) is 37.7. The van der Waals surface area contributed by atoms with Gasteiger partial charge in [0.2, 0.25) is 0 Å². The number of rotatable bonds is 9. The van der Waals surface area contributed by atoms with Gasteiger partial charge in [-0.3, -0.25) is 19.4 Å². The lowest BCUT2D eigenvalue weighted by atomic mass is 9.74. The minimum absolute atomic E-state index is 0.185. The van der Waals surface area contributed by atoms with Crippen LogP contribution in [-0.4, -0.2) is 75.3 Å². The molecule has 1 aromatic carbocycles. The number of ether oxygens (including phenoxy) is 2. The van der Waals surface area contributed by atoms with E-state index in [-0.39, 0.29) is 50.9 Å². The van der Waals surface area contributed by atoms with Crippen LogP contribution in [0, 0.1) is 5.92 Å². The molecule has 0 saturated carbocycles. The molecule has 49 heavy (non-hydrogen) atoms. The first kappa shape index (κ1) is 41.3. The van der Waals surface area contributed by atoms with Crippen LogP contribution in [0.15, 0.2) is 12.1 Å². The van der Waals surface area contributed by atoms with E-state index < -0.39 is 23.8 Å². The number of carbonyl (C=O) groups is 2. The van der Waals surface area contributed by atoms with Crippen molar-refractivity contribution in [3.05, 3.63) is 28.8 Å². The van der Waals surface area contributed by atoms with E-state index in [4.69, 9.17) is 9.47 Å². The van der Waals surface area contributed by atoms with Crippen LogP contribution in [0.2, 0.25) is 0 Å². The summed E-state index contributed by atoms with van der Waals surface area (Å²) in [5.74, 6) is -2.31. The van der Waals surface area contributed by atoms with E-state index >= 15 is 0 Å². The third kappa shape index (κ3) is 9.22. The lowest BCUT2D eigenvalue weighted by Crippen LogP contribution is -2.61. The van der Waals surface area contributed by atoms with E-state index in [1.165, 1.54) is 0 Å². The third-order valence-electron chi connectivity index (χ3n) is 12.1. The van der Waals surface area contributed by atoms with E-state index in [1.807, 2.05) is 12.1 Å². The summed E-state index contributed by atoms with van der Waals surface area (Å²) in [6, 6.07) is 4.06. The van der Waals surface area contributed by atoms with Crippen molar-refractivity contribution in [2.24, 2.45) is 5.92 Å². The number of nitrogens with zero attached hydrogens (tertiary/aromatic N) is 2. The molecule has 0 unspecified atom stereocenters. The van der Waals surface area contributed by atoms with Crippen LogP contribution >= 0.6 is 0 Å². The predicted octanol–water partition coefficient (Wildman–Crippen LogP) is 9.27. The fourth-order valence-corrected chi connectivity index (χ4v) is 8.59. The van der Waals surface area contributed by atoms with Gasteiger partial charge in [0.25, 0.3) is 0 Å². The summed E-state index contributed by atoms with van der Waals surface area (Å²) in [5, 5.41) is 11.6. The van der Waals surface area contributed by atoms with Crippen molar-refractivity contribution in [2.75, 3.05) is 14.1 Å². The first-order valence-corrected chi connectivity index (χ1v) is 18.8. The Morgan fingerprint density at radius 3 is 1.35 bits per heavy atom. The van der Waals surface area contributed by atoms with Crippen molar-refractivity contribution in [1.29, 1.82) is 0 Å². The van der Waals surface area contributed by atoms with Gasteiger partial charge < -0.3 is 14.6 Å². The van der Waals surface area contributed by atoms with E-state index in [9.17, 15) is 14.7 Å². The Morgan fingerprint density at radius 1 is 0.735 bits per heavy atom. The van der Waals surface area contributed by atoms with E-state index in [0.717, 1.165) is 29.5 Å². The van der Waals surface area contributed by atoms with Crippen LogP contribution < -0.4 is 0 Å². The maximum absolute atomic E-state index is 14.7. The summed E-state index contributed by atoms with van der Waals surface area (Å²) in [7, 11) is 4.27. The van der Waals surface area contributed by atoms with Crippen molar-refractivity contribution in [3.63, 3.8) is 0 Å². The van der Waals surface area contributed by atoms with Crippen LogP contribution in [0.1, 0.15) is 171 Å². The maximum Gasteiger partial charge on any atom is 0.321 e. The number of hydrogen-bond acceptors (Lipinski definition) is 7. The number of piperidine rings is 2. The summed E-state index contributed by atoms with van der Waals surface area (Å²) in [4.78, 5) is 34.2. The molecule has 0 aromatic heterocycles. The van der Waals surface area contributed by atoms with E-state index in [2.05, 4.69) is 128 Å². The number of aromatic hydroxyl groups is 1. The number of carbonyl (C=O) groups excluding carboxylic acids is 2. The van der Waals surface area contributed by atoms with Gasteiger partial charge in [0.15, 0.2) is 5.92 Å². The van der Waals surface area contributed by atoms with Gasteiger partial charge in [0.05, 0.1) is 0 Å². The van der Waals surface area contributed by atoms with Crippen LogP contribution in [0.3, 0.4) is 0 Å². The van der Waals surface area contributed by atoms with Crippen molar-refractivity contribution >= 4 is 11.9 Å². The highest BCUT2D eigenvalue weighted by Gasteiger charge is 2.49. The van der Waals surface area contributed by atoms with Crippen molar-refractivity contribution in [2.45, 2.75) is 200 Å². The first-order valence-electron chi connectivity index (χ1n) is 18.8. The molecule has 0 spiro atoms. The molecule has 2 heterocycles. The SMILES string of the molecule is CCCC[C@H](c1cc(C(C)(C)C)c(O)c(C(C)(C)C)c1)C(C(=O)OC1CC(C)(C)N(C)C(C)(C)C1)C(=O)OC1CC(C)(C)N(C)C(C)(C)C1. The zero-order valence-corrected chi connectivity index (χ0v) is 34.4. The van der Waals surface area contributed by atoms with Gasteiger partial charge in [-0.05, 0) is 103 Å². The van der Waals surface area contributed by atoms with Crippen LogP contribution in [0.5, 0.6) is 5.75 Å². The second-order valence-corrected chi connectivity index (χ2v) is 20.0. The molecule has 0 radical (unpaired) electrons. The molecule has 0 bridgehead atoms. The summed E-state index contributed by atoms with van der Waals surface area (Å²) >= 11 is 0. The van der Waals surface area contributed by atoms with E-state index in [1.54, 1.807) is 0 Å². The molecule has 1 aromatic rings. The minimum Gasteiger partial charge on any atom is -0.507 e. The molecule has 0 amide bonds. The van der Waals surface area contributed by atoms with Crippen LogP contribution in [0.25, 0.3) is 0 Å². The molecule has 1 N–H and O–H groups in total. The highest BCUT2D eigenvalue weighted by Crippen LogP contribution is 2.45. The van der Waals surface area contributed by atoms with Gasteiger partial charge in [-0.2, -0.15) is 0 Å². The number of esters is 2. The predicted molar refractivity (Wildman–Crippen MR) is 201 cm³/mol. The molecule has 7 nitrogen and oxygen atoms in total. The highest BCUT2D eigenvalue weighted by molar-refractivity contribution is 5.96. The molecule has 2 aliphatic rings. The molecule has 280 valence electrons. The quantitative estimate of drug-likeness (QED) is 0.205. The molecule has 2 fully saturated rings. The summed E-state index contributed by atoms with van der Waals surface area (Å²) in [5.41, 5.74) is 1.06. The molecule has 0 aliphatic carbocycles. The summed E-state index contributed by atoms with van der Waals surface area (Å²) < 4.78 is 12.9. The average molecular weight is 685 g/mol. The number of hydrogen-bond donors (Lipinski definition) is 1. The number of unbranched alkanes of at least 4 members (excludes halogenated alkanes) is 1. The fraction of sp³-hybridized carbons (Fsp3) is 0.810. The van der Waals surface area contributed by atoms with Crippen molar-refractivity contribution in [1.82, 2.24) is 9.80 Å². The Hall–Kier alpha value is -2.12. The van der Waals surface area contributed by atoms with E-state index in [0.29, 0.717) is 32.1 Å². The summed E-state index contributed by atoms with van der Waals surface area (Å²) in [6.45, 7) is 32.2. The molecular formula is C42H72N2O5. The van der Waals surface area contributed by atoms with Crippen LogP contribution in [-0.2, 0) is 29.9 Å². The van der Waals surface area contributed by atoms with Crippen molar-refractivity contribution < 1.29 is 24.2 Å². The smallest absolute Gasteiger partial charge is 0.321 e. The second-order valence-electron chi connectivity index (χ2n) is 20.0. The Kier molecular flexibility index (Phi) is 11.9. The van der Waals surface area contributed by atoms with Crippen LogP contribution in [0.4, 0.5) is 0 Å². The monoisotopic (exact) mass is 685 g/mol. The lowest BCUT2D eigenvalue weighted by molar-refractivity contribution is -0.178. The van der Waals surface area contributed by atoms with Gasteiger partial charge in [-0.1, -0.05) is 73.4 Å². The number of likely N-dealkylation sites (tertiary alicyclic amines) is 2. The van der Waals surface area contributed by atoms with Gasteiger partial charge in [-0.25, -0.2) is 0 Å². The van der Waals surface area contributed by atoms with Gasteiger partial charge in [-0.15, -0.1) is 0 Å². The largest absolute Gasteiger partial charge is 0.507 e. The third-order valence-corrected chi connectivity index (χ3v) is 12.1. The lowest BCUT2D eigenvalue weighted by Gasteiger charge is -2.53. The second kappa shape index (κ2) is 14.1. The highest BCUT2D eigenvalue weighted by atomic mass is 16.6. The standard InChI is InChI=1S/C42H72N2O5/c1-18-19-20-30(27-21-31(37(2,3)4)34(45)32(22-27)38(5,6)7)33(35(46)48-28-23-39(8,9)43(16)40(10,11)24-28)36(47)49-29-25-41(12,13)44(17)42(14,15)26-29/h21-22,28-30,33,45H,18-20,23-26H2,1-17H3/t30-/m1/s1. The minimum atomic E-state index is -1.13. The van der Waals surface area contributed by atoms with Gasteiger partial charge in [0, 0.05) is 53.8 Å². The number of benzene rings is 1. The molecule has 2 aliphatic heterocycles. The first-order chi connectivity index (χ1) is 22.0. The van der Waals surface area contributed by atoms with Gasteiger partial charge >= 0.3 is 11.9 Å². The maximum atomic E-state index is 14.7. The Morgan fingerprint density at radius 2 is 1.06 bits per heavy atom. The Bertz CT molecular complexity index is 1220. The van der Waals surface area contributed by atoms with Gasteiger partial charge in [0.1, 0.15) is 18.0 Å².